The summed E-state index contributed by atoms with van der Waals surface area (Å²) in [4.78, 5) is 4.20. The zero-order valence-electron chi connectivity index (χ0n) is 9.34. The van der Waals surface area contributed by atoms with Crippen molar-refractivity contribution in [2.24, 2.45) is 0 Å². The third-order valence-corrected chi connectivity index (χ3v) is 2.06. The summed E-state index contributed by atoms with van der Waals surface area (Å²) in [6.45, 7) is 3.16. The fourth-order valence-electron chi connectivity index (χ4n) is 1.32. The maximum atomic E-state index is 5.01. The highest BCUT2D eigenvalue weighted by Gasteiger charge is 2.06. The van der Waals surface area contributed by atoms with Crippen LogP contribution in [0.2, 0.25) is 0 Å². The lowest BCUT2D eigenvalue weighted by molar-refractivity contribution is 0.374. The van der Waals surface area contributed by atoms with Crippen LogP contribution in [0, 0.1) is 0 Å². The van der Waals surface area contributed by atoms with Crippen molar-refractivity contribution in [1.82, 2.24) is 30.5 Å². The second-order valence-corrected chi connectivity index (χ2v) is 3.40. The monoisotopic (exact) mass is 222 g/mol. The Hall–Kier alpha value is -1.76. The molecule has 0 unspecified atom stereocenters. The molecule has 0 radical (unpaired) electrons. The van der Waals surface area contributed by atoms with Gasteiger partial charge in [0.05, 0.1) is 11.9 Å². The minimum Gasteiger partial charge on any atom is -0.339 e. The molecule has 2 rings (SSSR count). The predicted molar refractivity (Wildman–Crippen MR) is 55.6 cm³/mol. The summed E-state index contributed by atoms with van der Waals surface area (Å²) in [6, 6.07) is 0. The number of aromatic nitrogens is 5. The highest BCUT2D eigenvalue weighted by molar-refractivity contribution is 4.94. The molecule has 0 atom stereocenters. The normalized spacial score (nSPS) is 10.9. The van der Waals surface area contributed by atoms with Crippen molar-refractivity contribution in [3.63, 3.8) is 0 Å². The van der Waals surface area contributed by atoms with Crippen molar-refractivity contribution >= 4 is 0 Å². The van der Waals surface area contributed by atoms with Crippen LogP contribution in [0.15, 0.2) is 10.7 Å². The molecule has 0 aliphatic carbocycles. The van der Waals surface area contributed by atoms with Crippen molar-refractivity contribution in [3.8, 4) is 0 Å². The number of rotatable bonds is 5. The molecule has 1 N–H and O–H groups in total. The maximum absolute atomic E-state index is 5.01. The molecule has 0 aliphatic heterocycles. The van der Waals surface area contributed by atoms with Crippen molar-refractivity contribution in [2.75, 3.05) is 7.05 Å². The fraction of sp³-hybridized carbons (Fsp3) is 0.556. The van der Waals surface area contributed by atoms with Crippen molar-refractivity contribution in [2.45, 2.75) is 26.4 Å². The van der Waals surface area contributed by atoms with Gasteiger partial charge < -0.3 is 9.84 Å². The summed E-state index contributed by atoms with van der Waals surface area (Å²) in [5.41, 5.74) is 0.890. The van der Waals surface area contributed by atoms with Gasteiger partial charge in [0.1, 0.15) is 6.54 Å². The highest BCUT2D eigenvalue weighted by Crippen LogP contribution is 2.00. The van der Waals surface area contributed by atoms with Crippen molar-refractivity contribution in [3.05, 3.63) is 23.6 Å². The van der Waals surface area contributed by atoms with E-state index in [1.165, 1.54) is 0 Å². The van der Waals surface area contributed by atoms with Gasteiger partial charge in [-0.25, -0.2) is 4.68 Å². The van der Waals surface area contributed by atoms with Gasteiger partial charge in [0.15, 0.2) is 5.82 Å². The van der Waals surface area contributed by atoms with Gasteiger partial charge in [0, 0.05) is 13.0 Å². The minimum absolute atomic E-state index is 0.486. The van der Waals surface area contributed by atoms with Gasteiger partial charge >= 0.3 is 0 Å². The van der Waals surface area contributed by atoms with Gasteiger partial charge in [0.25, 0.3) is 0 Å². The summed E-state index contributed by atoms with van der Waals surface area (Å²) in [5.74, 6) is 1.27. The van der Waals surface area contributed by atoms with Gasteiger partial charge in [-0.15, -0.1) is 5.10 Å². The molecule has 2 heterocycles. The maximum Gasteiger partial charge on any atom is 0.226 e. The van der Waals surface area contributed by atoms with Gasteiger partial charge in [-0.2, -0.15) is 4.98 Å². The molecule has 0 aliphatic rings. The largest absolute Gasteiger partial charge is 0.339 e. The molecule has 0 aromatic carbocycles. The lowest BCUT2D eigenvalue weighted by Gasteiger charge is -1.92. The summed E-state index contributed by atoms with van der Waals surface area (Å²) in [7, 11) is 1.87. The zero-order chi connectivity index (χ0) is 11.4. The Kier molecular flexibility index (Phi) is 3.25. The molecule has 16 heavy (non-hydrogen) atoms. The smallest absolute Gasteiger partial charge is 0.226 e. The summed E-state index contributed by atoms with van der Waals surface area (Å²) in [6.07, 6.45) is 2.61. The SMILES string of the molecule is CCc1nc(Cn2cc(CNC)nn2)no1. The van der Waals surface area contributed by atoms with Gasteiger partial charge in [-0.05, 0) is 7.05 Å². The van der Waals surface area contributed by atoms with Crippen LogP contribution in [0.4, 0.5) is 0 Å². The molecule has 0 saturated heterocycles. The molecule has 0 saturated carbocycles. The van der Waals surface area contributed by atoms with Gasteiger partial charge in [-0.3, -0.25) is 0 Å². The second kappa shape index (κ2) is 4.84. The first kappa shape index (κ1) is 10.7. The quantitative estimate of drug-likeness (QED) is 0.766. The molecular formula is C9H14N6O. The van der Waals surface area contributed by atoms with Crippen molar-refractivity contribution < 1.29 is 4.52 Å². The Labute approximate surface area is 92.8 Å². The number of nitrogens with one attached hydrogen (secondary N) is 1. The first-order valence-corrected chi connectivity index (χ1v) is 5.17. The highest BCUT2D eigenvalue weighted by atomic mass is 16.5. The van der Waals surface area contributed by atoms with E-state index in [9.17, 15) is 0 Å². The van der Waals surface area contributed by atoms with E-state index in [-0.39, 0.29) is 0 Å². The van der Waals surface area contributed by atoms with Crippen LogP contribution in [0.5, 0.6) is 0 Å². The summed E-state index contributed by atoms with van der Waals surface area (Å²) in [5, 5.41) is 14.8. The first-order valence-electron chi connectivity index (χ1n) is 5.17. The molecule has 0 bridgehead atoms. The molecule has 0 amide bonds. The molecule has 86 valence electrons. The van der Waals surface area contributed by atoms with Crippen LogP contribution >= 0.6 is 0 Å². The number of aryl methyl sites for hydroxylation is 1. The van der Waals surface area contributed by atoms with Gasteiger partial charge in [-0.1, -0.05) is 17.3 Å². The molecule has 2 aromatic rings. The van der Waals surface area contributed by atoms with Crippen LogP contribution in [-0.2, 0) is 19.5 Å². The zero-order valence-corrected chi connectivity index (χ0v) is 9.34. The summed E-state index contributed by atoms with van der Waals surface area (Å²) >= 11 is 0. The molecule has 7 nitrogen and oxygen atoms in total. The lowest BCUT2D eigenvalue weighted by atomic mass is 10.4. The van der Waals surface area contributed by atoms with Crippen molar-refractivity contribution in [1.29, 1.82) is 0 Å². The fourth-order valence-corrected chi connectivity index (χ4v) is 1.32. The second-order valence-electron chi connectivity index (χ2n) is 3.40. The third kappa shape index (κ3) is 2.43. The van der Waals surface area contributed by atoms with Crippen LogP contribution in [0.3, 0.4) is 0 Å². The van der Waals surface area contributed by atoms with E-state index in [1.807, 2.05) is 20.2 Å². The molecular weight excluding hydrogens is 208 g/mol. The first-order chi connectivity index (χ1) is 7.81. The Morgan fingerprint density at radius 3 is 3.06 bits per heavy atom. The topological polar surface area (TPSA) is 81.7 Å². The number of hydrogen-bond donors (Lipinski definition) is 1. The van der Waals surface area contributed by atoms with E-state index in [0.29, 0.717) is 24.8 Å². The van der Waals surface area contributed by atoms with Crippen LogP contribution < -0.4 is 5.32 Å². The Morgan fingerprint density at radius 2 is 2.38 bits per heavy atom. The van der Waals surface area contributed by atoms with E-state index >= 15 is 0 Å². The Bertz CT molecular complexity index is 448. The minimum atomic E-state index is 0.486. The van der Waals surface area contributed by atoms with Crippen LogP contribution in [0.25, 0.3) is 0 Å². The molecule has 7 heteroatoms. The Balaban J connectivity index is 2.02. The van der Waals surface area contributed by atoms with Crippen LogP contribution in [-0.4, -0.2) is 32.2 Å². The average molecular weight is 222 g/mol. The third-order valence-electron chi connectivity index (χ3n) is 2.06. The number of hydrogen-bond acceptors (Lipinski definition) is 6. The molecule has 0 spiro atoms. The standard InChI is InChI=1S/C9H14N6O/c1-3-9-11-8(13-16-9)6-15-5-7(4-10-2)12-14-15/h5,10H,3-4,6H2,1-2H3. The van der Waals surface area contributed by atoms with Crippen LogP contribution in [0.1, 0.15) is 24.3 Å². The predicted octanol–water partition coefficient (Wildman–Crippen LogP) is -0.00880. The summed E-state index contributed by atoms with van der Waals surface area (Å²) < 4.78 is 6.70. The van der Waals surface area contributed by atoms with E-state index in [2.05, 4.69) is 25.8 Å². The van der Waals surface area contributed by atoms with E-state index in [0.717, 1.165) is 12.1 Å². The van der Waals surface area contributed by atoms with E-state index in [4.69, 9.17) is 4.52 Å². The number of nitrogens with zero attached hydrogens (tertiary/aromatic N) is 5. The Morgan fingerprint density at radius 1 is 1.50 bits per heavy atom. The average Bonchev–Trinajstić information content (AvgIpc) is 2.89. The molecule has 2 aromatic heterocycles. The van der Waals surface area contributed by atoms with E-state index in [1.54, 1.807) is 4.68 Å². The van der Waals surface area contributed by atoms with E-state index < -0.39 is 0 Å². The van der Waals surface area contributed by atoms with Gasteiger partial charge in [0.2, 0.25) is 5.89 Å². The lowest BCUT2D eigenvalue weighted by Crippen LogP contribution is -2.05. The molecule has 0 fully saturated rings.